The van der Waals surface area contributed by atoms with Gasteiger partial charge in [-0.3, -0.25) is 4.79 Å². The van der Waals surface area contributed by atoms with Gasteiger partial charge in [-0.2, -0.15) is 0 Å². The van der Waals surface area contributed by atoms with Crippen LogP contribution in [0, 0.1) is 5.92 Å². The first kappa shape index (κ1) is 11.7. The zero-order chi connectivity index (χ0) is 10.7. The van der Waals surface area contributed by atoms with Crippen molar-refractivity contribution in [1.29, 1.82) is 0 Å². The van der Waals surface area contributed by atoms with E-state index in [4.69, 9.17) is 0 Å². The van der Waals surface area contributed by atoms with Crippen molar-refractivity contribution in [2.24, 2.45) is 5.92 Å². The molecule has 0 saturated heterocycles. The first-order valence-corrected chi connectivity index (χ1v) is 5.76. The molecule has 0 amide bonds. The monoisotopic (exact) mass is 197 g/mol. The zero-order valence-electron chi connectivity index (χ0n) is 9.92. The molecule has 0 heterocycles. The van der Waals surface area contributed by atoms with Crippen LogP contribution >= 0.6 is 0 Å². The molecular weight excluding hydrogens is 174 g/mol. The van der Waals surface area contributed by atoms with Crippen LogP contribution in [0.4, 0.5) is 0 Å². The van der Waals surface area contributed by atoms with Gasteiger partial charge in [0.1, 0.15) is 5.78 Å². The van der Waals surface area contributed by atoms with Crippen molar-refractivity contribution in [3.05, 3.63) is 0 Å². The fourth-order valence-corrected chi connectivity index (χ4v) is 2.15. The van der Waals surface area contributed by atoms with Gasteiger partial charge in [0.05, 0.1) is 0 Å². The predicted molar refractivity (Wildman–Crippen MR) is 59.3 cm³/mol. The van der Waals surface area contributed by atoms with E-state index in [2.05, 4.69) is 32.7 Å². The normalized spacial score (nSPS) is 25.9. The van der Waals surface area contributed by atoms with Crippen molar-refractivity contribution in [1.82, 2.24) is 4.90 Å². The number of carbonyl (C=O) groups is 1. The summed E-state index contributed by atoms with van der Waals surface area (Å²) in [5.41, 5.74) is 0. The van der Waals surface area contributed by atoms with E-state index in [1.54, 1.807) is 0 Å². The van der Waals surface area contributed by atoms with Crippen LogP contribution in [0.1, 0.15) is 46.5 Å². The van der Waals surface area contributed by atoms with E-state index in [9.17, 15) is 4.79 Å². The van der Waals surface area contributed by atoms with Gasteiger partial charge in [-0.15, -0.1) is 0 Å². The maximum absolute atomic E-state index is 11.3. The van der Waals surface area contributed by atoms with Crippen molar-refractivity contribution in [3.8, 4) is 0 Å². The van der Waals surface area contributed by atoms with Gasteiger partial charge in [-0.1, -0.05) is 13.8 Å². The lowest BCUT2D eigenvalue weighted by atomic mass is 9.91. The maximum Gasteiger partial charge on any atom is 0.134 e. The Labute approximate surface area is 87.7 Å². The Bertz CT molecular complexity index is 200. The van der Waals surface area contributed by atoms with Crippen LogP contribution in [0.2, 0.25) is 0 Å². The van der Waals surface area contributed by atoms with Crippen molar-refractivity contribution in [2.45, 2.75) is 58.5 Å². The first-order chi connectivity index (χ1) is 6.52. The second-order valence-corrected chi connectivity index (χ2v) is 4.94. The Kier molecular flexibility index (Phi) is 4.11. The highest BCUT2D eigenvalue weighted by atomic mass is 16.1. The summed E-state index contributed by atoms with van der Waals surface area (Å²) >= 11 is 0. The molecule has 1 fully saturated rings. The Morgan fingerprint density at radius 3 is 2.50 bits per heavy atom. The molecule has 2 atom stereocenters. The van der Waals surface area contributed by atoms with Crippen molar-refractivity contribution < 1.29 is 4.79 Å². The van der Waals surface area contributed by atoms with Gasteiger partial charge in [0.2, 0.25) is 0 Å². The Morgan fingerprint density at radius 2 is 2.00 bits per heavy atom. The molecule has 1 saturated carbocycles. The van der Waals surface area contributed by atoms with Crippen LogP contribution in [-0.2, 0) is 4.79 Å². The minimum absolute atomic E-state index is 0.448. The van der Waals surface area contributed by atoms with E-state index in [-0.39, 0.29) is 0 Å². The van der Waals surface area contributed by atoms with Gasteiger partial charge in [0, 0.05) is 24.9 Å². The molecule has 0 bridgehead atoms. The predicted octanol–water partition coefficient (Wildman–Crippen LogP) is 2.47. The van der Waals surface area contributed by atoms with E-state index in [0.717, 1.165) is 19.3 Å². The van der Waals surface area contributed by atoms with E-state index in [1.165, 1.54) is 6.42 Å². The van der Waals surface area contributed by atoms with Crippen LogP contribution < -0.4 is 0 Å². The van der Waals surface area contributed by atoms with Crippen molar-refractivity contribution >= 4 is 5.78 Å². The largest absolute Gasteiger partial charge is 0.300 e. The Hall–Kier alpha value is -0.370. The second kappa shape index (κ2) is 4.92. The van der Waals surface area contributed by atoms with E-state index >= 15 is 0 Å². The molecule has 1 rings (SSSR count). The van der Waals surface area contributed by atoms with Crippen molar-refractivity contribution in [3.63, 3.8) is 0 Å². The summed E-state index contributed by atoms with van der Waals surface area (Å²) in [6.07, 6.45) is 3.85. The van der Waals surface area contributed by atoms with E-state index < -0.39 is 0 Å². The molecule has 1 aliphatic carbocycles. The molecule has 0 radical (unpaired) electrons. The molecule has 14 heavy (non-hydrogen) atoms. The smallest absolute Gasteiger partial charge is 0.134 e. The standard InChI is InChI=1S/C12H23NO/c1-9(2)10(3)13(4)11-6-5-7-12(14)8-11/h9-11H,5-8H2,1-4H3. The molecule has 0 aromatic heterocycles. The number of carbonyl (C=O) groups excluding carboxylic acids is 1. The molecule has 0 aromatic rings. The van der Waals surface area contributed by atoms with Crippen LogP contribution in [0.3, 0.4) is 0 Å². The molecule has 0 aliphatic heterocycles. The molecule has 2 nitrogen and oxygen atoms in total. The van der Waals surface area contributed by atoms with E-state index in [1.807, 2.05) is 0 Å². The second-order valence-electron chi connectivity index (χ2n) is 4.94. The molecule has 0 aromatic carbocycles. The minimum Gasteiger partial charge on any atom is -0.300 e. The van der Waals surface area contributed by atoms with Gasteiger partial charge in [-0.05, 0) is 32.7 Å². The topological polar surface area (TPSA) is 20.3 Å². The lowest BCUT2D eigenvalue weighted by molar-refractivity contribution is -0.122. The van der Waals surface area contributed by atoms with E-state index in [0.29, 0.717) is 23.8 Å². The Morgan fingerprint density at radius 1 is 1.36 bits per heavy atom. The van der Waals surface area contributed by atoms with Gasteiger partial charge < -0.3 is 4.90 Å². The zero-order valence-corrected chi connectivity index (χ0v) is 9.92. The first-order valence-electron chi connectivity index (χ1n) is 5.76. The number of ketones is 1. The van der Waals surface area contributed by atoms with Gasteiger partial charge in [0.25, 0.3) is 0 Å². The minimum atomic E-state index is 0.448. The molecule has 0 spiro atoms. The maximum atomic E-state index is 11.3. The number of hydrogen-bond donors (Lipinski definition) is 0. The lowest BCUT2D eigenvalue weighted by Crippen LogP contribution is -2.43. The fraction of sp³-hybridized carbons (Fsp3) is 0.917. The lowest BCUT2D eigenvalue weighted by Gasteiger charge is -2.36. The highest BCUT2D eigenvalue weighted by Crippen LogP contribution is 2.22. The summed E-state index contributed by atoms with van der Waals surface area (Å²) in [4.78, 5) is 13.7. The quantitative estimate of drug-likeness (QED) is 0.692. The van der Waals surface area contributed by atoms with Crippen LogP contribution in [0.15, 0.2) is 0 Å². The third-order valence-electron chi connectivity index (χ3n) is 3.64. The highest BCUT2D eigenvalue weighted by molar-refractivity contribution is 5.79. The molecule has 0 N–H and O–H groups in total. The van der Waals surface area contributed by atoms with Crippen LogP contribution in [-0.4, -0.2) is 29.8 Å². The van der Waals surface area contributed by atoms with Gasteiger partial charge >= 0.3 is 0 Å². The average Bonchev–Trinajstić information content (AvgIpc) is 2.15. The molecule has 2 unspecified atom stereocenters. The van der Waals surface area contributed by atoms with Gasteiger partial charge in [0.15, 0.2) is 0 Å². The average molecular weight is 197 g/mol. The van der Waals surface area contributed by atoms with Crippen LogP contribution in [0.5, 0.6) is 0 Å². The summed E-state index contributed by atoms with van der Waals surface area (Å²) in [7, 11) is 2.16. The molecule has 1 aliphatic rings. The number of nitrogens with zero attached hydrogens (tertiary/aromatic N) is 1. The third-order valence-corrected chi connectivity index (χ3v) is 3.64. The molecule has 82 valence electrons. The van der Waals surface area contributed by atoms with Gasteiger partial charge in [-0.25, -0.2) is 0 Å². The summed E-state index contributed by atoms with van der Waals surface area (Å²) in [6, 6.07) is 1.07. The summed E-state index contributed by atoms with van der Waals surface area (Å²) < 4.78 is 0. The molecular formula is C12H23NO. The number of hydrogen-bond acceptors (Lipinski definition) is 2. The summed E-state index contributed by atoms with van der Waals surface area (Å²) in [5.74, 6) is 1.11. The molecule has 2 heteroatoms. The summed E-state index contributed by atoms with van der Waals surface area (Å²) in [5, 5.41) is 0. The SMILES string of the molecule is CC(C)C(C)N(C)C1CCCC(=O)C1. The fourth-order valence-electron chi connectivity index (χ4n) is 2.15. The third kappa shape index (κ3) is 2.81. The number of Topliss-reactive ketones (excluding diaryl/α,β-unsaturated/α-hetero) is 1. The van der Waals surface area contributed by atoms with Crippen LogP contribution in [0.25, 0.3) is 0 Å². The van der Waals surface area contributed by atoms with Crippen molar-refractivity contribution in [2.75, 3.05) is 7.05 Å². The summed E-state index contributed by atoms with van der Waals surface area (Å²) in [6.45, 7) is 6.74. The highest BCUT2D eigenvalue weighted by Gasteiger charge is 2.26. The Balaban J connectivity index is 2.50. The number of rotatable bonds is 3.